The van der Waals surface area contributed by atoms with E-state index in [2.05, 4.69) is 4.99 Å². The molecule has 1 saturated heterocycles. The van der Waals surface area contributed by atoms with Crippen molar-refractivity contribution in [3.63, 3.8) is 0 Å². The van der Waals surface area contributed by atoms with E-state index in [1.54, 1.807) is 11.0 Å². The van der Waals surface area contributed by atoms with Crippen molar-refractivity contribution in [2.45, 2.75) is 25.9 Å². The van der Waals surface area contributed by atoms with E-state index in [1.165, 1.54) is 0 Å². The van der Waals surface area contributed by atoms with Crippen LogP contribution in [0, 0.1) is 0 Å². The highest BCUT2D eigenvalue weighted by atomic mass is 16.5. The number of benzene rings is 1. The quantitative estimate of drug-likeness (QED) is 0.858. The predicted molar refractivity (Wildman–Crippen MR) is 101 cm³/mol. The molecule has 0 spiro atoms. The Hall–Kier alpha value is -2.51. The maximum absolute atomic E-state index is 12.9. The largest absolute Gasteiger partial charge is 0.392 e. The molecule has 142 valence electrons. The van der Waals surface area contributed by atoms with Crippen LogP contribution in [0.1, 0.15) is 24.0 Å². The Bertz CT molecular complexity index is 825. The van der Waals surface area contributed by atoms with E-state index in [0.717, 1.165) is 23.2 Å². The summed E-state index contributed by atoms with van der Waals surface area (Å²) < 4.78 is 5.35. The fraction of sp³-hybridized carbons (Fsp3) is 0.450. The van der Waals surface area contributed by atoms with Crippen molar-refractivity contribution in [2.24, 2.45) is 4.99 Å². The first-order valence-electron chi connectivity index (χ1n) is 9.31. The standard InChI is InChI=1S/C20H23N3O4/c24-13-14-2-1-3-18-17(14)4-5-23(18)20(26)11-15-10-16(25)12-19(21-15)22-6-8-27-9-7-22/h1-3,12,24H,4-11,13H2. The molecular weight excluding hydrogens is 346 g/mol. The molecule has 7 nitrogen and oxygen atoms in total. The highest BCUT2D eigenvalue weighted by Gasteiger charge is 2.28. The average Bonchev–Trinajstić information content (AvgIpc) is 3.12. The number of anilines is 1. The number of rotatable bonds is 4. The fourth-order valence-corrected chi connectivity index (χ4v) is 3.87. The van der Waals surface area contributed by atoms with Crippen LogP contribution in [0.15, 0.2) is 35.1 Å². The number of hydrogen-bond donors (Lipinski definition) is 1. The summed E-state index contributed by atoms with van der Waals surface area (Å²) >= 11 is 0. The molecule has 1 fully saturated rings. The summed E-state index contributed by atoms with van der Waals surface area (Å²) in [6.45, 7) is 3.21. The number of aliphatic imine (C=N–C) groups is 1. The zero-order valence-electron chi connectivity index (χ0n) is 15.2. The fourth-order valence-electron chi connectivity index (χ4n) is 3.87. The van der Waals surface area contributed by atoms with Crippen LogP contribution in [0.25, 0.3) is 0 Å². The van der Waals surface area contributed by atoms with Crippen molar-refractivity contribution in [1.29, 1.82) is 0 Å². The lowest BCUT2D eigenvalue weighted by molar-refractivity contribution is -0.117. The first-order chi connectivity index (χ1) is 13.2. The number of hydrogen-bond acceptors (Lipinski definition) is 6. The maximum Gasteiger partial charge on any atom is 0.232 e. The molecule has 3 aliphatic rings. The number of ketones is 1. The molecule has 0 aromatic heterocycles. The van der Waals surface area contributed by atoms with Gasteiger partial charge < -0.3 is 19.6 Å². The minimum atomic E-state index is -0.0568. The molecule has 0 bridgehead atoms. The number of allylic oxidation sites excluding steroid dienone is 1. The van der Waals surface area contributed by atoms with Gasteiger partial charge in [0.2, 0.25) is 5.91 Å². The Labute approximate surface area is 157 Å². The first-order valence-corrected chi connectivity index (χ1v) is 9.31. The Morgan fingerprint density at radius 2 is 2.04 bits per heavy atom. The maximum atomic E-state index is 12.9. The molecule has 1 aromatic carbocycles. The summed E-state index contributed by atoms with van der Waals surface area (Å²) in [5.74, 6) is 0.569. The monoisotopic (exact) mass is 369 g/mol. The van der Waals surface area contributed by atoms with Crippen LogP contribution in [0.3, 0.4) is 0 Å². The van der Waals surface area contributed by atoms with E-state index < -0.39 is 0 Å². The Morgan fingerprint density at radius 3 is 2.81 bits per heavy atom. The molecule has 0 saturated carbocycles. The molecule has 0 atom stereocenters. The molecule has 0 radical (unpaired) electrons. The second-order valence-electron chi connectivity index (χ2n) is 6.97. The van der Waals surface area contributed by atoms with Gasteiger partial charge in [-0.05, 0) is 23.6 Å². The number of aliphatic hydroxyl groups is 1. The molecule has 0 aliphatic carbocycles. The number of morpholine rings is 1. The molecule has 27 heavy (non-hydrogen) atoms. The van der Waals surface area contributed by atoms with Crippen LogP contribution < -0.4 is 4.90 Å². The van der Waals surface area contributed by atoms with Gasteiger partial charge in [0.05, 0.1) is 26.2 Å². The van der Waals surface area contributed by atoms with Gasteiger partial charge in [0.25, 0.3) is 0 Å². The van der Waals surface area contributed by atoms with Gasteiger partial charge in [0.15, 0.2) is 5.78 Å². The van der Waals surface area contributed by atoms with Gasteiger partial charge in [-0.3, -0.25) is 9.59 Å². The van der Waals surface area contributed by atoms with Crippen molar-refractivity contribution in [3.05, 3.63) is 41.2 Å². The third kappa shape index (κ3) is 3.65. The number of nitrogens with zero attached hydrogens (tertiary/aromatic N) is 3. The van der Waals surface area contributed by atoms with Crippen molar-refractivity contribution in [2.75, 3.05) is 37.7 Å². The smallest absolute Gasteiger partial charge is 0.232 e. The van der Waals surface area contributed by atoms with Gasteiger partial charge >= 0.3 is 0 Å². The lowest BCUT2D eigenvalue weighted by atomic mass is 10.1. The number of aliphatic hydroxyl groups excluding tert-OH is 1. The number of amides is 1. The molecule has 1 aromatic rings. The van der Waals surface area contributed by atoms with Gasteiger partial charge in [-0.2, -0.15) is 0 Å². The third-order valence-corrected chi connectivity index (χ3v) is 5.23. The van der Waals surface area contributed by atoms with Crippen LogP contribution >= 0.6 is 0 Å². The second-order valence-corrected chi connectivity index (χ2v) is 6.97. The highest BCUT2D eigenvalue weighted by molar-refractivity contribution is 6.16. The molecule has 0 unspecified atom stereocenters. The molecule has 1 N–H and O–H groups in total. The first kappa shape index (κ1) is 17.9. The van der Waals surface area contributed by atoms with E-state index in [1.807, 2.05) is 23.1 Å². The van der Waals surface area contributed by atoms with E-state index in [4.69, 9.17) is 4.74 Å². The van der Waals surface area contributed by atoms with Crippen molar-refractivity contribution in [3.8, 4) is 0 Å². The number of carbonyl (C=O) groups excluding carboxylic acids is 2. The van der Waals surface area contributed by atoms with Gasteiger partial charge in [0, 0.05) is 43.5 Å². The lowest BCUT2D eigenvalue weighted by Gasteiger charge is -2.30. The summed E-state index contributed by atoms with van der Waals surface area (Å²) in [4.78, 5) is 33.4. The molecular formula is C20H23N3O4. The minimum Gasteiger partial charge on any atom is -0.392 e. The topological polar surface area (TPSA) is 82.4 Å². The van der Waals surface area contributed by atoms with E-state index in [0.29, 0.717) is 44.4 Å². The zero-order chi connectivity index (χ0) is 18.8. The van der Waals surface area contributed by atoms with E-state index >= 15 is 0 Å². The summed E-state index contributed by atoms with van der Waals surface area (Å²) in [6.07, 6.45) is 2.63. The predicted octanol–water partition coefficient (Wildman–Crippen LogP) is 1.05. The summed E-state index contributed by atoms with van der Waals surface area (Å²) in [7, 11) is 0. The van der Waals surface area contributed by atoms with E-state index in [9.17, 15) is 14.7 Å². The molecule has 3 aliphatic heterocycles. The molecule has 1 amide bonds. The number of fused-ring (bicyclic) bond motifs is 1. The molecule has 3 heterocycles. The molecule has 7 heteroatoms. The van der Waals surface area contributed by atoms with Crippen molar-refractivity contribution in [1.82, 2.24) is 4.90 Å². The summed E-state index contributed by atoms with van der Waals surface area (Å²) in [5.41, 5.74) is 3.37. The van der Waals surface area contributed by atoms with Crippen LogP contribution in [-0.2, 0) is 27.4 Å². The van der Waals surface area contributed by atoms with Crippen LogP contribution in [0.2, 0.25) is 0 Å². The lowest BCUT2D eigenvalue weighted by Crippen LogP contribution is -2.37. The SMILES string of the molecule is O=C1C=C(N2CCOCC2)N=C(CC(=O)N2CCc3c(CO)cccc32)C1. The average molecular weight is 369 g/mol. The summed E-state index contributed by atoms with van der Waals surface area (Å²) in [6, 6.07) is 5.65. The Balaban J connectivity index is 1.50. The zero-order valence-corrected chi connectivity index (χ0v) is 15.2. The van der Waals surface area contributed by atoms with Crippen molar-refractivity contribution >= 4 is 23.1 Å². The van der Waals surface area contributed by atoms with Gasteiger partial charge in [-0.1, -0.05) is 12.1 Å². The number of carbonyl (C=O) groups is 2. The molecule has 4 rings (SSSR count). The summed E-state index contributed by atoms with van der Waals surface area (Å²) in [5, 5.41) is 9.49. The highest BCUT2D eigenvalue weighted by Crippen LogP contribution is 2.31. The number of ether oxygens (including phenoxy) is 1. The second kappa shape index (κ2) is 7.62. The van der Waals surface area contributed by atoms with Gasteiger partial charge in [0.1, 0.15) is 5.82 Å². The van der Waals surface area contributed by atoms with Crippen LogP contribution in [0.4, 0.5) is 5.69 Å². The third-order valence-electron chi connectivity index (χ3n) is 5.23. The minimum absolute atomic E-state index is 0.0151. The van der Waals surface area contributed by atoms with Gasteiger partial charge in [-0.25, -0.2) is 4.99 Å². The van der Waals surface area contributed by atoms with Crippen molar-refractivity contribution < 1.29 is 19.4 Å². The van der Waals surface area contributed by atoms with Crippen LogP contribution in [-0.4, -0.2) is 60.3 Å². The normalized spacial score (nSPS) is 19.7. The Morgan fingerprint density at radius 1 is 1.22 bits per heavy atom. The van der Waals surface area contributed by atoms with Crippen LogP contribution in [0.5, 0.6) is 0 Å². The van der Waals surface area contributed by atoms with E-state index in [-0.39, 0.29) is 31.1 Å². The Kier molecular flexibility index (Phi) is 5.05. The van der Waals surface area contributed by atoms with Gasteiger partial charge in [-0.15, -0.1) is 0 Å².